The number of aromatic nitrogens is 1. The smallest absolute Gasteiger partial charge is 0.404 e. The summed E-state index contributed by atoms with van der Waals surface area (Å²) >= 11 is 6.10. The van der Waals surface area contributed by atoms with E-state index in [0.29, 0.717) is 24.0 Å². The fourth-order valence-corrected chi connectivity index (χ4v) is 3.39. The Morgan fingerprint density at radius 3 is 2.86 bits per heavy atom. The fourth-order valence-electron chi connectivity index (χ4n) is 3.22. The van der Waals surface area contributed by atoms with Crippen molar-refractivity contribution < 1.29 is 9.90 Å². The number of hydrogen-bond donors (Lipinski definition) is 2. The molecule has 0 saturated heterocycles. The van der Waals surface area contributed by atoms with E-state index < -0.39 is 6.09 Å². The molecule has 1 aliphatic rings. The Kier molecular flexibility index (Phi) is 6.46. The van der Waals surface area contributed by atoms with Gasteiger partial charge >= 0.3 is 6.09 Å². The number of pyridine rings is 1. The second-order valence-corrected chi connectivity index (χ2v) is 6.33. The summed E-state index contributed by atoms with van der Waals surface area (Å²) in [7, 11) is 2.12. The van der Waals surface area contributed by atoms with Crippen molar-refractivity contribution in [1.82, 2.24) is 15.2 Å². The maximum Gasteiger partial charge on any atom is 0.404 e. The molecular formula is C16H24ClN3O2. The van der Waals surface area contributed by atoms with Gasteiger partial charge in [0.1, 0.15) is 0 Å². The molecule has 5 nitrogen and oxygen atoms in total. The van der Waals surface area contributed by atoms with Gasteiger partial charge in [-0.2, -0.15) is 0 Å². The van der Waals surface area contributed by atoms with Crippen LogP contribution in [0.1, 0.15) is 50.3 Å². The van der Waals surface area contributed by atoms with E-state index in [0.717, 1.165) is 5.69 Å². The second-order valence-electron chi connectivity index (χ2n) is 5.89. The maximum atomic E-state index is 10.7. The number of nitrogens with one attached hydrogen (secondary N) is 1. The summed E-state index contributed by atoms with van der Waals surface area (Å²) in [6.45, 7) is 0.408. The molecule has 1 aromatic rings. The van der Waals surface area contributed by atoms with Gasteiger partial charge in [0.05, 0.1) is 11.7 Å². The van der Waals surface area contributed by atoms with Gasteiger partial charge in [-0.05, 0) is 38.4 Å². The molecule has 6 heteroatoms. The van der Waals surface area contributed by atoms with E-state index in [1.54, 1.807) is 12.3 Å². The minimum Gasteiger partial charge on any atom is -0.465 e. The molecule has 1 atom stereocenters. The molecule has 1 aliphatic carbocycles. The first-order valence-corrected chi connectivity index (χ1v) is 8.26. The lowest BCUT2D eigenvalue weighted by Crippen LogP contribution is -2.38. The van der Waals surface area contributed by atoms with Gasteiger partial charge in [-0.15, -0.1) is 0 Å². The van der Waals surface area contributed by atoms with E-state index in [2.05, 4.69) is 22.2 Å². The monoisotopic (exact) mass is 325 g/mol. The van der Waals surface area contributed by atoms with E-state index in [1.165, 1.54) is 32.1 Å². The number of nitrogens with zero attached hydrogens (tertiary/aromatic N) is 2. The largest absolute Gasteiger partial charge is 0.465 e. The van der Waals surface area contributed by atoms with Crippen LogP contribution in [0.3, 0.4) is 0 Å². The highest BCUT2D eigenvalue weighted by atomic mass is 35.5. The average Bonchev–Trinajstić information content (AvgIpc) is 2.51. The molecule has 1 aromatic heterocycles. The normalized spacial score (nSPS) is 17.4. The van der Waals surface area contributed by atoms with Crippen LogP contribution < -0.4 is 5.32 Å². The standard InChI is InChI=1S/C16H24ClN3O2/c1-20(13-5-3-2-4-6-13)15(8-10-19-16(21)22)14-11-12(17)7-9-18-14/h7,9,11,13,15,19H,2-6,8,10H2,1H3,(H,21,22)/t15-/m0/s1. The molecule has 0 unspecified atom stereocenters. The first kappa shape index (κ1) is 17.0. The van der Waals surface area contributed by atoms with Crippen molar-refractivity contribution in [3.8, 4) is 0 Å². The number of carboxylic acid groups (broad SMARTS) is 1. The van der Waals surface area contributed by atoms with Crippen molar-refractivity contribution in [2.45, 2.75) is 50.6 Å². The Bertz CT molecular complexity index is 492. The van der Waals surface area contributed by atoms with Crippen molar-refractivity contribution in [2.75, 3.05) is 13.6 Å². The minimum absolute atomic E-state index is 0.0775. The summed E-state index contributed by atoms with van der Waals surface area (Å²) in [5.74, 6) is 0. The molecule has 122 valence electrons. The average molecular weight is 326 g/mol. The van der Waals surface area contributed by atoms with Crippen LogP contribution in [-0.2, 0) is 0 Å². The van der Waals surface area contributed by atoms with Gasteiger partial charge in [0.2, 0.25) is 0 Å². The molecule has 0 spiro atoms. The van der Waals surface area contributed by atoms with Gasteiger partial charge in [-0.3, -0.25) is 9.88 Å². The summed E-state index contributed by atoms with van der Waals surface area (Å²) in [6, 6.07) is 4.25. The Morgan fingerprint density at radius 2 is 2.23 bits per heavy atom. The molecule has 1 amide bonds. The molecule has 0 aliphatic heterocycles. The SMILES string of the molecule is CN(C1CCCCC1)[C@@H](CCNC(=O)O)c1cc(Cl)ccn1. The van der Waals surface area contributed by atoms with Crippen molar-refractivity contribution >= 4 is 17.7 Å². The molecule has 2 N–H and O–H groups in total. The van der Waals surface area contributed by atoms with Crippen molar-refractivity contribution in [1.29, 1.82) is 0 Å². The third-order valence-corrected chi connectivity index (χ3v) is 4.66. The second kappa shape index (κ2) is 8.34. The Morgan fingerprint density at radius 1 is 1.50 bits per heavy atom. The molecule has 2 rings (SSSR count). The Balaban J connectivity index is 2.10. The van der Waals surface area contributed by atoms with Crippen LogP contribution in [0.5, 0.6) is 0 Å². The molecule has 22 heavy (non-hydrogen) atoms. The highest BCUT2D eigenvalue weighted by Crippen LogP contribution is 2.30. The van der Waals surface area contributed by atoms with Crippen LogP contribution in [0.15, 0.2) is 18.3 Å². The Labute approximate surface area is 136 Å². The van der Waals surface area contributed by atoms with Crippen molar-refractivity contribution in [3.05, 3.63) is 29.0 Å². The highest BCUT2D eigenvalue weighted by Gasteiger charge is 2.26. The Hall–Kier alpha value is -1.33. The lowest BCUT2D eigenvalue weighted by atomic mass is 9.92. The number of halogens is 1. The lowest BCUT2D eigenvalue weighted by molar-refractivity contribution is 0.127. The van der Waals surface area contributed by atoms with E-state index in [-0.39, 0.29) is 6.04 Å². The third-order valence-electron chi connectivity index (χ3n) is 4.42. The first-order valence-electron chi connectivity index (χ1n) is 7.88. The van der Waals surface area contributed by atoms with Crippen molar-refractivity contribution in [3.63, 3.8) is 0 Å². The molecule has 0 aromatic carbocycles. The van der Waals surface area contributed by atoms with Gasteiger partial charge in [-0.1, -0.05) is 30.9 Å². The number of rotatable bonds is 6. The molecule has 0 bridgehead atoms. The molecule has 1 saturated carbocycles. The van der Waals surface area contributed by atoms with Crippen LogP contribution in [0, 0.1) is 0 Å². The predicted molar refractivity (Wildman–Crippen MR) is 87.3 cm³/mol. The summed E-state index contributed by atoms with van der Waals surface area (Å²) < 4.78 is 0. The minimum atomic E-state index is -0.988. The van der Waals surface area contributed by atoms with Crippen LogP contribution in [0.25, 0.3) is 0 Å². The third kappa shape index (κ3) is 4.85. The van der Waals surface area contributed by atoms with E-state index in [9.17, 15) is 4.79 Å². The topological polar surface area (TPSA) is 65.5 Å². The van der Waals surface area contributed by atoms with Crippen LogP contribution in [-0.4, -0.2) is 40.7 Å². The zero-order valence-corrected chi connectivity index (χ0v) is 13.7. The molecule has 0 radical (unpaired) electrons. The molecule has 1 heterocycles. The lowest BCUT2D eigenvalue weighted by Gasteiger charge is -2.37. The first-order chi connectivity index (χ1) is 10.6. The predicted octanol–water partition coefficient (Wildman–Crippen LogP) is 3.70. The highest BCUT2D eigenvalue weighted by molar-refractivity contribution is 6.30. The van der Waals surface area contributed by atoms with Gasteiger partial charge < -0.3 is 10.4 Å². The van der Waals surface area contributed by atoms with Crippen LogP contribution in [0.2, 0.25) is 5.02 Å². The summed E-state index contributed by atoms with van der Waals surface area (Å²) in [6.07, 6.45) is 7.63. The summed E-state index contributed by atoms with van der Waals surface area (Å²) in [5, 5.41) is 11.9. The zero-order chi connectivity index (χ0) is 15.9. The van der Waals surface area contributed by atoms with E-state index in [4.69, 9.17) is 16.7 Å². The van der Waals surface area contributed by atoms with Crippen LogP contribution in [0.4, 0.5) is 4.79 Å². The van der Waals surface area contributed by atoms with Crippen molar-refractivity contribution in [2.24, 2.45) is 0 Å². The number of hydrogen-bond acceptors (Lipinski definition) is 3. The summed E-state index contributed by atoms with van der Waals surface area (Å²) in [5.41, 5.74) is 0.910. The molecular weight excluding hydrogens is 302 g/mol. The van der Waals surface area contributed by atoms with Gasteiger partial charge in [0, 0.05) is 23.8 Å². The molecule has 1 fully saturated rings. The van der Waals surface area contributed by atoms with Gasteiger partial charge in [0.25, 0.3) is 0 Å². The van der Waals surface area contributed by atoms with Crippen LogP contribution >= 0.6 is 11.6 Å². The number of carbonyl (C=O) groups is 1. The zero-order valence-electron chi connectivity index (χ0n) is 13.0. The van der Waals surface area contributed by atoms with E-state index >= 15 is 0 Å². The fraction of sp³-hybridized carbons (Fsp3) is 0.625. The maximum absolute atomic E-state index is 10.7. The van der Waals surface area contributed by atoms with Gasteiger partial charge in [-0.25, -0.2) is 4.79 Å². The van der Waals surface area contributed by atoms with Gasteiger partial charge in [0.15, 0.2) is 0 Å². The quantitative estimate of drug-likeness (QED) is 0.837. The van der Waals surface area contributed by atoms with E-state index in [1.807, 2.05) is 6.07 Å². The number of amides is 1. The summed E-state index contributed by atoms with van der Waals surface area (Å²) in [4.78, 5) is 17.5.